The van der Waals surface area contributed by atoms with E-state index in [-0.39, 0.29) is 5.82 Å². The summed E-state index contributed by atoms with van der Waals surface area (Å²) in [5, 5.41) is 6.58. The number of hydrogen-bond acceptors (Lipinski definition) is 4. The molecule has 1 aliphatic rings. The summed E-state index contributed by atoms with van der Waals surface area (Å²) in [5.41, 5.74) is 1.94. The third-order valence-corrected chi connectivity index (χ3v) is 4.28. The molecule has 2 heterocycles. The zero-order valence-corrected chi connectivity index (χ0v) is 15.6. The van der Waals surface area contributed by atoms with Gasteiger partial charge in [0.1, 0.15) is 11.6 Å². The number of nitrogens with zero attached hydrogens (tertiary/aromatic N) is 3. The number of aliphatic imine (C=N–C) groups is 1. The van der Waals surface area contributed by atoms with Gasteiger partial charge < -0.3 is 20.3 Å². The van der Waals surface area contributed by atoms with Crippen molar-refractivity contribution in [2.75, 3.05) is 37.7 Å². The van der Waals surface area contributed by atoms with Gasteiger partial charge >= 0.3 is 0 Å². The molecule has 27 heavy (non-hydrogen) atoms. The molecule has 0 radical (unpaired) electrons. The lowest BCUT2D eigenvalue weighted by molar-refractivity contribution is 0.122. The maximum atomic E-state index is 13.3. The SMILES string of the molecule is CCNC(=NCc1cccc(F)c1)NCc1cccnc1N1CCOCC1. The van der Waals surface area contributed by atoms with Crippen molar-refractivity contribution in [3.05, 3.63) is 59.5 Å². The lowest BCUT2D eigenvalue weighted by Crippen LogP contribution is -2.39. The zero-order valence-electron chi connectivity index (χ0n) is 15.6. The highest BCUT2D eigenvalue weighted by atomic mass is 19.1. The fourth-order valence-electron chi connectivity index (χ4n) is 2.95. The molecule has 3 rings (SSSR count). The highest BCUT2D eigenvalue weighted by Crippen LogP contribution is 2.18. The molecule has 1 aromatic carbocycles. The fourth-order valence-corrected chi connectivity index (χ4v) is 2.95. The van der Waals surface area contributed by atoms with Gasteiger partial charge in [0.15, 0.2) is 5.96 Å². The highest BCUT2D eigenvalue weighted by molar-refractivity contribution is 5.79. The van der Waals surface area contributed by atoms with Gasteiger partial charge in [0.25, 0.3) is 0 Å². The van der Waals surface area contributed by atoms with Crippen molar-refractivity contribution in [1.82, 2.24) is 15.6 Å². The van der Waals surface area contributed by atoms with Gasteiger partial charge in [0, 0.05) is 37.9 Å². The minimum Gasteiger partial charge on any atom is -0.378 e. The summed E-state index contributed by atoms with van der Waals surface area (Å²) < 4.78 is 18.8. The lowest BCUT2D eigenvalue weighted by atomic mass is 10.2. The third kappa shape index (κ3) is 5.65. The summed E-state index contributed by atoms with van der Waals surface area (Å²) in [6.45, 7) is 6.92. The molecule has 1 aliphatic heterocycles. The second-order valence-electron chi connectivity index (χ2n) is 6.26. The van der Waals surface area contributed by atoms with Gasteiger partial charge in [-0.15, -0.1) is 0 Å². The first-order valence-electron chi connectivity index (χ1n) is 9.29. The standard InChI is InChI=1S/C20H26FN5O/c1-2-22-20(24-14-16-5-3-7-18(21)13-16)25-15-17-6-4-8-23-19(17)26-9-11-27-12-10-26/h3-8,13H,2,9-12,14-15H2,1H3,(H2,22,24,25). The number of guanidine groups is 1. The van der Waals surface area contributed by atoms with Gasteiger partial charge in [-0.3, -0.25) is 0 Å². The van der Waals surface area contributed by atoms with E-state index in [2.05, 4.69) is 31.6 Å². The second kappa shape index (κ2) is 9.87. The van der Waals surface area contributed by atoms with Gasteiger partial charge in [-0.05, 0) is 30.7 Å². The molecule has 2 N–H and O–H groups in total. The summed E-state index contributed by atoms with van der Waals surface area (Å²) in [7, 11) is 0. The molecular weight excluding hydrogens is 345 g/mol. The van der Waals surface area contributed by atoms with Crippen LogP contribution in [0, 0.1) is 5.82 Å². The van der Waals surface area contributed by atoms with Crippen LogP contribution in [-0.2, 0) is 17.8 Å². The molecule has 0 spiro atoms. The Bertz CT molecular complexity index is 762. The monoisotopic (exact) mass is 371 g/mol. The van der Waals surface area contributed by atoms with Crippen LogP contribution in [0.4, 0.5) is 10.2 Å². The summed E-state index contributed by atoms with van der Waals surface area (Å²) in [6, 6.07) is 10.5. The maximum Gasteiger partial charge on any atom is 0.191 e. The minimum atomic E-state index is -0.244. The Kier molecular flexibility index (Phi) is 6.98. The first kappa shape index (κ1) is 19.1. The molecule has 0 aliphatic carbocycles. The van der Waals surface area contributed by atoms with Crippen LogP contribution in [0.15, 0.2) is 47.6 Å². The molecule has 0 unspecified atom stereocenters. The van der Waals surface area contributed by atoms with Gasteiger partial charge in [-0.1, -0.05) is 18.2 Å². The van der Waals surface area contributed by atoms with Crippen LogP contribution < -0.4 is 15.5 Å². The average molecular weight is 371 g/mol. The first-order chi connectivity index (χ1) is 13.3. The van der Waals surface area contributed by atoms with Crippen LogP contribution >= 0.6 is 0 Å². The van der Waals surface area contributed by atoms with Gasteiger partial charge in [-0.25, -0.2) is 14.4 Å². The summed E-state index contributed by atoms with van der Waals surface area (Å²) >= 11 is 0. The summed E-state index contributed by atoms with van der Waals surface area (Å²) in [6.07, 6.45) is 1.82. The predicted molar refractivity (Wildman–Crippen MR) is 105 cm³/mol. The van der Waals surface area contributed by atoms with Gasteiger partial charge in [0.05, 0.1) is 19.8 Å². The van der Waals surface area contributed by atoms with E-state index < -0.39 is 0 Å². The summed E-state index contributed by atoms with van der Waals surface area (Å²) in [5.74, 6) is 1.43. The molecule has 0 amide bonds. The number of ether oxygens (including phenoxy) is 1. The van der Waals surface area contributed by atoms with Gasteiger partial charge in [-0.2, -0.15) is 0 Å². The fraction of sp³-hybridized carbons (Fsp3) is 0.400. The van der Waals surface area contributed by atoms with E-state index >= 15 is 0 Å². The van der Waals surface area contributed by atoms with E-state index in [1.807, 2.05) is 25.3 Å². The number of rotatable bonds is 6. The van der Waals surface area contributed by atoms with Crippen molar-refractivity contribution in [2.45, 2.75) is 20.0 Å². The zero-order chi connectivity index (χ0) is 18.9. The van der Waals surface area contributed by atoms with E-state index in [0.717, 1.165) is 49.8 Å². The normalized spacial score (nSPS) is 14.9. The number of aromatic nitrogens is 1. The Morgan fingerprint density at radius 2 is 2.07 bits per heavy atom. The molecule has 2 aromatic rings. The Hall–Kier alpha value is -2.67. The minimum absolute atomic E-state index is 0.244. The number of nitrogens with one attached hydrogen (secondary N) is 2. The first-order valence-corrected chi connectivity index (χ1v) is 9.29. The van der Waals surface area contributed by atoms with Crippen molar-refractivity contribution in [1.29, 1.82) is 0 Å². The molecular formula is C20H26FN5O. The largest absolute Gasteiger partial charge is 0.378 e. The van der Waals surface area contributed by atoms with E-state index in [0.29, 0.717) is 19.0 Å². The molecule has 0 atom stereocenters. The van der Waals surface area contributed by atoms with Crippen molar-refractivity contribution >= 4 is 11.8 Å². The number of anilines is 1. The third-order valence-electron chi connectivity index (χ3n) is 4.28. The molecule has 0 saturated carbocycles. The Balaban J connectivity index is 1.66. The quantitative estimate of drug-likeness (QED) is 0.603. The Labute approximate surface area is 159 Å². The Morgan fingerprint density at radius 1 is 1.22 bits per heavy atom. The van der Waals surface area contributed by atoms with Crippen LogP contribution in [0.2, 0.25) is 0 Å². The van der Waals surface area contributed by atoms with E-state index in [1.54, 1.807) is 6.07 Å². The molecule has 1 saturated heterocycles. The molecule has 144 valence electrons. The van der Waals surface area contributed by atoms with Crippen LogP contribution in [0.1, 0.15) is 18.1 Å². The number of pyridine rings is 1. The molecule has 6 nitrogen and oxygen atoms in total. The number of morpholine rings is 1. The van der Waals surface area contributed by atoms with Crippen LogP contribution in [-0.4, -0.2) is 43.8 Å². The van der Waals surface area contributed by atoms with E-state index in [1.165, 1.54) is 12.1 Å². The van der Waals surface area contributed by atoms with Crippen molar-refractivity contribution < 1.29 is 9.13 Å². The molecule has 1 fully saturated rings. The summed E-state index contributed by atoms with van der Waals surface area (Å²) in [4.78, 5) is 11.4. The second-order valence-corrected chi connectivity index (χ2v) is 6.26. The van der Waals surface area contributed by atoms with Crippen molar-refractivity contribution in [3.63, 3.8) is 0 Å². The lowest BCUT2D eigenvalue weighted by Gasteiger charge is -2.29. The van der Waals surface area contributed by atoms with Crippen molar-refractivity contribution in [2.24, 2.45) is 4.99 Å². The van der Waals surface area contributed by atoms with E-state index in [4.69, 9.17) is 4.74 Å². The topological polar surface area (TPSA) is 61.8 Å². The van der Waals surface area contributed by atoms with E-state index in [9.17, 15) is 4.39 Å². The number of hydrogen-bond donors (Lipinski definition) is 2. The number of halogens is 1. The maximum absolute atomic E-state index is 13.3. The van der Waals surface area contributed by atoms with Gasteiger partial charge in [0.2, 0.25) is 0 Å². The van der Waals surface area contributed by atoms with Crippen LogP contribution in [0.3, 0.4) is 0 Å². The predicted octanol–water partition coefficient (Wildman–Crippen LogP) is 2.31. The van der Waals surface area contributed by atoms with Crippen molar-refractivity contribution in [3.8, 4) is 0 Å². The smallest absolute Gasteiger partial charge is 0.191 e. The molecule has 0 bridgehead atoms. The molecule has 7 heteroatoms. The van der Waals surface area contributed by atoms with Crippen LogP contribution in [0.25, 0.3) is 0 Å². The average Bonchev–Trinajstić information content (AvgIpc) is 2.71. The highest BCUT2D eigenvalue weighted by Gasteiger charge is 2.15. The van der Waals surface area contributed by atoms with Crippen LogP contribution in [0.5, 0.6) is 0 Å². The number of benzene rings is 1. The Morgan fingerprint density at radius 3 is 2.85 bits per heavy atom. The molecule has 1 aromatic heterocycles.